The van der Waals surface area contributed by atoms with E-state index in [2.05, 4.69) is 17.2 Å². The average Bonchev–Trinajstić information content (AvgIpc) is 2.50. The van der Waals surface area contributed by atoms with Crippen molar-refractivity contribution in [3.63, 3.8) is 0 Å². The molecule has 0 atom stereocenters. The second-order valence-corrected chi connectivity index (χ2v) is 5.39. The van der Waals surface area contributed by atoms with Gasteiger partial charge in [-0.05, 0) is 22.9 Å². The predicted molar refractivity (Wildman–Crippen MR) is 86.4 cm³/mol. The molecule has 3 amide bonds. The van der Waals surface area contributed by atoms with Crippen LogP contribution < -0.4 is 10.6 Å². The van der Waals surface area contributed by atoms with Crippen LogP contribution in [0.2, 0.25) is 0 Å². The van der Waals surface area contributed by atoms with Crippen molar-refractivity contribution in [1.29, 1.82) is 0 Å². The number of rotatable bonds is 5. The monoisotopic (exact) mass is 300 g/mol. The fourth-order valence-corrected chi connectivity index (χ4v) is 2.52. The molecule has 0 radical (unpaired) electrons. The summed E-state index contributed by atoms with van der Waals surface area (Å²) in [6.45, 7) is 3.81. The molecular weight excluding hydrogens is 284 g/mol. The Labute approximate surface area is 127 Å². The normalized spacial score (nSPS) is 10.1. The van der Waals surface area contributed by atoms with Crippen LogP contribution >= 0.6 is 11.8 Å². The van der Waals surface area contributed by atoms with Crippen LogP contribution in [-0.4, -0.2) is 24.2 Å². The van der Waals surface area contributed by atoms with Gasteiger partial charge < -0.3 is 5.32 Å². The number of hydrogen-bond donors (Lipinski definition) is 2. The lowest BCUT2D eigenvalue weighted by Crippen LogP contribution is -2.40. The number of nitrogens with one attached hydrogen (secondary N) is 2. The minimum absolute atomic E-state index is 0.194. The molecule has 0 saturated heterocycles. The number of amides is 3. The highest BCUT2D eigenvalue weighted by Gasteiger charge is 2.07. The molecule has 0 aliphatic heterocycles. The quantitative estimate of drug-likeness (QED) is 0.659. The highest BCUT2D eigenvalue weighted by molar-refractivity contribution is 8.00. The molecule has 0 aliphatic carbocycles. The zero-order valence-electron chi connectivity index (χ0n) is 11.5. The summed E-state index contributed by atoms with van der Waals surface area (Å²) in [7, 11) is 0. The molecule has 0 spiro atoms. The van der Waals surface area contributed by atoms with Gasteiger partial charge in [-0.3, -0.25) is 10.1 Å². The molecule has 21 heavy (non-hydrogen) atoms. The van der Waals surface area contributed by atoms with Gasteiger partial charge >= 0.3 is 6.03 Å². The number of carbonyl (C=O) groups is 2. The van der Waals surface area contributed by atoms with E-state index in [-0.39, 0.29) is 11.7 Å². The van der Waals surface area contributed by atoms with Crippen molar-refractivity contribution in [1.82, 2.24) is 10.6 Å². The van der Waals surface area contributed by atoms with Crippen molar-refractivity contribution in [3.8, 4) is 0 Å². The molecule has 2 N–H and O–H groups in total. The first kappa shape index (κ1) is 15.1. The van der Waals surface area contributed by atoms with Crippen molar-refractivity contribution in [2.45, 2.75) is 4.90 Å². The van der Waals surface area contributed by atoms with E-state index in [1.165, 1.54) is 11.8 Å². The molecule has 2 rings (SSSR count). The van der Waals surface area contributed by atoms with Crippen LogP contribution in [-0.2, 0) is 4.79 Å². The second-order valence-electron chi connectivity index (χ2n) is 4.34. The molecule has 0 aromatic heterocycles. The van der Waals surface area contributed by atoms with E-state index < -0.39 is 6.03 Å². The van der Waals surface area contributed by atoms with Crippen molar-refractivity contribution in [2.24, 2.45) is 0 Å². The lowest BCUT2D eigenvalue weighted by molar-refractivity contribution is -0.117. The zero-order chi connectivity index (χ0) is 15.1. The van der Waals surface area contributed by atoms with E-state index in [0.29, 0.717) is 6.54 Å². The fraction of sp³-hybridized carbons (Fsp3) is 0.125. The van der Waals surface area contributed by atoms with Crippen molar-refractivity contribution < 1.29 is 9.59 Å². The summed E-state index contributed by atoms with van der Waals surface area (Å²) < 4.78 is 0. The Morgan fingerprint density at radius 3 is 2.67 bits per heavy atom. The van der Waals surface area contributed by atoms with Gasteiger partial charge in [0.05, 0.1) is 5.75 Å². The Morgan fingerprint density at radius 2 is 1.90 bits per heavy atom. The van der Waals surface area contributed by atoms with Crippen LogP contribution in [0.5, 0.6) is 0 Å². The number of imide groups is 1. The summed E-state index contributed by atoms with van der Waals surface area (Å²) >= 11 is 1.40. The Kier molecular flexibility index (Phi) is 5.40. The molecule has 2 aromatic rings. The summed E-state index contributed by atoms with van der Waals surface area (Å²) in [6.07, 6.45) is 1.55. The molecule has 0 fully saturated rings. The Morgan fingerprint density at radius 1 is 1.14 bits per heavy atom. The van der Waals surface area contributed by atoms with Crippen molar-refractivity contribution >= 4 is 34.5 Å². The summed E-state index contributed by atoms with van der Waals surface area (Å²) in [5.41, 5.74) is 0. The maximum Gasteiger partial charge on any atom is 0.321 e. The van der Waals surface area contributed by atoms with E-state index in [1.54, 1.807) is 6.08 Å². The lowest BCUT2D eigenvalue weighted by Gasteiger charge is -2.05. The minimum atomic E-state index is -0.501. The van der Waals surface area contributed by atoms with Crippen LogP contribution in [0.25, 0.3) is 10.8 Å². The molecule has 4 nitrogen and oxygen atoms in total. The highest BCUT2D eigenvalue weighted by atomic mass is 32.2. The molecule has 0 saturated carbocycles. The third-order valence-electron chi connectivity index (χ3n) is 2.75. The molecule has 5 heteroatoms. The molecule has 0 heterocycles. The molecule has 0 unspecified atom stereocenters. The minimum Gasteiger partial charge on any atom is -0.334 e. The van der Waals surface area contributed by atoms with Gasteiger partial charge in [0.25, 0.3) is 0 Å². The highest BCUT2D eigenvalue weighted by Crippen LogP contribution is 2.23. The maximum absolute atomic E-state index is 11.6. The fourth-order valence-electron chi connectivity index (χ4n) is 1.78. The van der Waals surface area contributed by atoms with Gasteiger partial charge in [0, 0.05) is 11.4 Å². The lowest BCUT2D eigenvalue weighted by atomic mass is 10.1. The van der Waals surface area contributed by atoms with Gasteiger partial charge in [0.15, 0.2) is 0 Å². The molecule has 2 aromatic carbocycles. The first-order valence-corrected chi connectivity index (χ1v) is 7.48. The number of fused-ring (bicyclic) bond motifs is 1. The predicted octanol–water partition coefficient (Wildman–Crippen LogP) is 2.94. The average molecular weight is 300 g/mol. The number of carbonyl (C=O) groups excluding carboxylic acids is 2. The molecule has 108 valence electrons. The first-order chi connectivity index (χ1) is 10.2. The van der Waals surface area contributed by atoms with Gasteiger partial charge in [-0.1, -0.05) is 36.4 Å². The van der Waals surface area contributed by atoms with E-state index in [4.69, 9.17) is 0 Å². The smallest absolute Gasteiger partial charge is 0.321 e. The van der Waals surface area contributed by atoms with Gasteiger partial charge in [0.2, 0.25) is 5.91 Å². The maximum atomic E-state index is 11.6. The largest absolute Gasteiger partial charge is 0.334 e. The molecule has 0 bridgehead atoms. The number of hydrogen-bond acceptors (Lipinski definition) is 3. The molecular formula is C16H16N2O2S. The van der Waals surface area contributed by atoms with Crippen LogP contribution in [0.4, 0.5) is 4.79 Å². The first-order valence-electron chi connectivity index (χ1n) is 6.49. The Balaban J connectivity index is 1.87. The van der Waals surface area contributed by atoms with Gasteiger partial charge in [-0.25, -0.2) is 4.79 Å². The van der Waals surface area contributed by atoms with Gasteiger partial charge in [-0.2, -0.15) is 0 Å². The van der Waals surface area contributed by atoms with E-state index >= 15 is 0 Å². The topological polar surface area (TPSA) is 58.2 Å². The Bertz CT molecular complexity index is 670. The number of thioether (sulfide) groups is 1. The Hall–Kier alpha value is -2.27. The number of benzene rings is 2. The summed E-state index contributed by atoms with van der Waals surface area (Å²) in [5, 5.41) is 7.05. The zero-order valence-corrected chi connectivity index (χ0v) is 12.3. The third kappa shape index (κ3) is 4.65. The van der Waals surface area contributed by atoms with E-state index in [0.717, 1.165) is 15.7 Å². The summed E-state index contributed by atoms with van der Waals surface area (Å²) in [4.78, 5) is 23.9. The summed E-state index contributed by atoms with van der Waals surface area (Å²) in [6, 6.07) is 13.6. The van der Waals surface area contributed by atoms with Crippen molar-refractivity contribution in [3.05, 3.63) is 55.1 Å². The van der Waals surface area contributed by atoms with E-state index in [9.17, 15) is 9.59 Å². The number of urea groups is 1. The van der Waals surface area contributed by atoms with Crippen LogP contribution in [0.1, 0.15) is 0 Å². The molecule has 0 aliphatic rings. The van der Waals surface area contributed by atoms with Crippen molar-refractivity contribution in [2.75, 3.05) is 12.3 Å². The van der Waals surface area contributed by atoms with Crippen LogP contribution in [0.15, 0.2) is 60.0 Å². The second kappa shape index (κ2) is 7.50. The van der Waals surface area contributed by atoms with Gasteiger partial charge in [-0.15, -0.1) is 18.3 Å². The van der Waals surface area contributed by atoms with Crippen LogP contribution in [0, 0.1) is 0 Å². The summed E-state index contributed by atoms with van der Waals surface area (Å²) in [5.74, 6) is -0.130. The SMILES string of the molecule is C=CCNC(=O)NC(=O)CSc1ccc2ccccc2c1. The van der Waals surface area contributed by atoms with Gasteiger partial charge in [0.1, 0.15) is 0 Å². The standard InChI is InChI=1S/C16H16N2O2S/c1-2-9-17-16(20)18-15(19)11-21-14-8-7-12-5-3-4-6-13(12)10-14/h2-8,10H,1,9,11H2,(H2,17,18,19,20). The van der Waals surface area contributed by atoms with E-state index in [1.807, 2.05) is 42.5 Å². The van der Waals surface area contributed by atoms with Crippen LogP contribution in [0.3, 0.4) is 0 Å². The third-order valence-corrected chi connectivity index (χ3v) is 3.74.